The third-order valence-corrected chi connectivity index (χ3v) is 5.59. The number of ether oxygens (including phenoxy) is 1. The smallest absolute Gasteiger partial charge is 0.138 e. The highest BCUT2D eigenvalue weighted by Crippen LogP contribution is 2.38. The summed E-state index contributed by atoms with van der Waals surface area (Å²) >= 11 is 1.83. The fourth-order valence-electron chi connectivity index (χ4n) is 3.25. The van der Waals surface area contributed by atoms with Crippen LogP contribution in [-0.4, -0.2) is 17.1 Å². The van der Waals surface area contributed by atoms with E-state index < -0.39 is 0 Å². The predicted octanol–water partition coefficient (Wildman–Crippen LogP) is 4.19. The van der Waals surface area contributed by atoms with Gasteiger partial charge in [0.05, 0.1) is 12.5 Å². The molecule has 0 bridgehead atoms. The Hall–Kier alpha value is -2.14. The zero-order valence-electron chi connectivity index (χ0n) is 13.1. The van der Waals surface area contributed by atoms with Gasteiger partial charge in [-0.1, -0.05) is 18.2 Å². The Bertz CT molecular complexity index is 843. The highest BCUT2D eigenvalue weighted by Gasteiger charge is 2.19. The second-order valence-corrected chi connectivity index (χ2v) is 6.86. The fraction of sp³-hybridized carbons (Fsp3) is 0.333. The lowest BCUT2D eigenvalue weighted by atomic mass is 9.97. The highest BCUT2D eigenvalue weighted by atomic mass is 32.1. The normalized spacial score (nSPS) is 13.8. The number of para-hydroxylation sites is 1. The summed E-state index contributed by atoms with van der Waals surface area (Å²) in [5.41, 5.74) is 2.59. The van der Waals surface area contributed by atoms with E-state index in [-0.39, 0.29) is 0 Å². The molecule has 23 heavy (non-hydrogen) atoms. The van der Waals surface area contributed by atoms with E-state index in [9.17, 15) is 0 Å². The first-order valence-electron chi connectivity index (χ1n) is 7.98. The lowest BCUT2D eigenvalue weighted by molar-refractivity contribution is 0.410. The number of rotatable bonds is 4. The highest BCUT2D eigenvalue weighted by molar-refractivity contribution is 7.19. The first-order chi connectivity index (χ1) is 11.4. The van der Waals surface area contributed by atoms with Crippen LogP contribution < -0.4 is 10.1 Å². The van der Waals surface area contributed by atoms with Crippen molar-refractivity contribution in [3.05, 3.63) is 46.6 Å². The molecule has 1 aromatic carbocycles. The van der Waals surface area contributed by atoms with E-state index in [1.165, 1.54) is 35.1 Å². The number of nitrogens with one attached hydrogen (secondary N) is 1. The molecular formula is C18H19N3OS. The predicted molar refractivity (Wildman–Crippen MR) is 94.4 cm³/mol. The van der Waals surface area contributed by atoms with E-state index in [0.717, 1.165) is 28.4 Å². The van der Waals surface area contributed by atoms with Gasteiger partial charge in [0.2, 0.25) is 0 Å². The first-order valence-corrected chi connectivity index (χ1v) is 8.79. The summed E-state index contributed by atoms with van der Waals surface area (Å²) in [4.78, 5) is 11.6. The van der Waals surface area contributed by atoms with Gasteiger partial charge in [-0.05, 0) is 37.3 Å². The van der Waals surface area contributed by atoms with Crippen molar-refractivity contribution in [1.29, 1.82) is 0 Å². The lowest BCUT2D eigenvalue weighted by Crippen LogP contribution is -2.05. The summed E-state index contributed by atoms with van der Waals surface area (Å²) in [5.74, 6) is 1.85. The van der Waals surface area contributed by atoms with Crippen LogP contribution in [0.3, 0.4) is 0 Å². The molecule has 5 heteroatoms. The van der Waals surface area contributed by atoms with Crippen molar-refractivity contribution < 1.29 is 4.74 Å². The number of benzene rings is 1. The first kappa shape index (κ1) is 14.5. The van der Waals surface area contributed by atoms with Gasteiger partial charge in [-0.15, -0.1) is 11.3 Å². The van der Waals surface area contributed by atoms with Crippen LogP contribution in [0.4, 0.5) is 5.82 Å². The summed E-state index contributed by atoms with van der Waals surface area (Å²) in [7, 11) is 1.71. The van der Waals surface area contributed by atoms with Crippen LogP contribution in [0.2, 0.25) is 0 Å². The van der Waals surface area contributed by atoms with Gasteiger partial charge in [-0.25, -0.2) is 9.97 Å². The minimum atomic E-state index is 0.695. The average molecular weight is 325 g/mol. The molecular weight excluding hydrogens is 306 g/mol. The minimum absolute atomic E-state index is 0.695. The molecule has 1 aliphatic rings. The van der Waals surface area contributed by atoms with Crippen LogP contribution in [0.15, 0.2) is 30.6 Å². The Labute approximate surface area is 139 Å². The van der Waals surface area contributed by atoms with Crippen molar-refractivity contribution in [3.63, 3.8) is 0 Å². The molecule has 0 amide bonds. The molecule has 0 saturated carbocycles. The second kappa shape index (κ2) is 6.16. The number of thiophene rings is 1. The molecule has 2 aromatic heterocycles. The molecule has 0 saturated heterocycles. The Morgan fingerprint density at radius 3 is 2.96 bits per heavy atom. The number of fused-ring (bicyclic) bond motifs is 3. The minimum Gasteiger partial charge on any atom is -0.496 e. The Morgan fingerprint density at radius 1 is 1.17 bits per heavy atom. The maximum absolute atomic E-state index is 5.43. The van der Waals surface area contributed by atoms with Gasteiger partial charge in [0.15, 0.2) is 0 Å². The molecule has 1 aliphatic carbocycles. The molecule has 0 aliphatic heterocycles. The van der Waals surface area contributed by atoms with Crippen molar-refractivity contribution >= 4 is 27.4 Å². The van der Waals surface area contributed by atoms with Gasteiger partial charge < -0.3 is 10.1 Å². The van der Waals surface area contributed by atoms with Gasteiger partial charge in [-0.3, -0.25) is 0 Å². The molecule has 0 unspecified atom stereocenters. The standard InChI is InChI=1S/C18H19N3OS/c1-22-14-8-4-2-6-12(14)10-19-17-16-13-7-3-5-9-15(13)23-18(16)21-11-20-17/h2,4,6,8,11H,3,5,7,9-10H2,1H3,(H,19,20,21). The maximum Gasteiger partial charge on any atom is 0.138 e. The third-order valence-electron chi connectivity index (χ3n) is 4.39. The second-order valence-electron chi connectivity index (χ2n) is 5.78. The van der Waals surface area contributed by atoms with Crippen molar-refractivity contribution in [2.24, 2.45) is 0 Å². The molecule has 2 heterocycles. The molecule has 4 nitrogen and oxygen atoms in total. The van der Waals surface area contributed by atoms with Crippen molar-refractivity contribution in [1.82, 2.24) is 9.97 Å². The molecule has 4 rings (SSSR count). The molecule has 0 spiro atoms. The number of nitrogens with zero attached hydrogens (tertiary/aromatic N) is 2. The number of methoxy groups -OCH3 is 1. The molecule has 118 valence electrons. The van der Waals surface area contributed by atoms with Crippen molar-refractivity contribution in [2.75, 3.05) is 12.4 Å². The molecule has 0 atom stereocenters. The summed E-state index contributed by atoms with van der Waals surface area (Å²) in [6.45, 7) is 0.695. The summed E-state index contributed by atoms with van der Waals surface area (Å²) in [5, 5.41) is 4.71. The summed E-state index contributed by atoms with van der Waals surface area (Å²) < 4.78 is 5.43. The monoisotopic (exact) mass is 325 g/mol. The van der Waals surface area contributed by atoms with E-state index in [1.807, 2.05) is 29.5 Å². The molecule has 0 fully saturated rings. The number of aryl methyl sites for hydroxylation is 2. The number of hydrogen-bond acceptors (Lipinski definition) is 5. The van der Waals surface area contributed by atoms with E-state index in [0.29, 0.717) is 6.54 Å². The quantitative estimate of drug-likeness (QED) is 0.781. The zero-order valence-corrected chi connectivity index (χ0v) is 13.9. The summed E-state index contributed by atoms with van der Waals surface area (Å²) in [6, 6.07) is 8.08. The summed E-state index contributed by atoms with van der Waals surface area (Å²) in [6.07, 6.45) is 6.54. The van der Waals surface area contributed by atoms with Crippen LogP contribution in [0.1, 0.15) is 28.8 Å². The number of anilines is 1. The van der Waals surface area contributed by atoms with E-state index >= 15 is 0 Å². The van der Waals surface area contributed by atoms with Crippen LogP contribution in [0.5, 0.6) is 5.75 Å². The van der Waals surface area contributed by atoms with Crippen molar-refractivity contribution in [2.45, 2.75) is 32.2 Å². The number of hydrogen-bond donors (Lipinski definition) is 1. The Balaban J connectivity index is 1.68. The number of aromatic nitrogens is 2. The third kappa shape index (κ3) is 2.65. The van der Waals surface area contributed by atoms with Gasteiger partial charge in [0.1, 0.15) is 22.7 Å². The van der Waals surface area contributed by atoms with Gasteiger partial charge in [0.25, 0.3) is 0 Å². The fourth-order valence-corrected chi connectivity index (χ4v) is 4.48. The molecule has 1 N–H and O–H groups in total. The Kier molecular flexibility index (Phi) is 3.87. The van der Waals surface area contributed by atoms with Crippen LogP contribution in [-0.2, 0) is 19.4 Å². The maximum atomic E-state index is 5.43. The van der Waals surface area contributed by atoms with Gasteiger partial charge >= 0.3 is 0 Å². The van der Waals surface area contributed by atoms with E-state index in [1.54, 1.807) is 13.4 Å². The van der Waals surface area contributed by atoms with Crippen LogP contribution in [0, 0.1) is 0 Å². The van der Waals surface area contributed by atoms with Crippen LogP contribution >= 0.6 is 11.3 Å². The van der Waals surface area contributed by atoms with E-state index in [2.05, 4.69) is 21.4 Å². The van der Waals surface area contributed by atoms with Gasteiger partial charge in [0, 0.05) is 17.0 Å². The van der Waals surface area contributed by atoms with Gasteiger partial charge in [-0.2, -0.15) is 0 Å². The zero-order chi connectivity index (χ0) is 15.6. The lowest BCUT2D eigenvalue weighted by Gasteiger charge is -2.13. The van der Waals surface area contributed by atoms with Crippen LogP contribution in [0.25, 0.3) is 10.2 Å². The molecule has 3 aromatic rings. The van der Waals surface area contributed by atoms with Crippen molar-refractivity contribution in [3.8, 4) is 5.75 Å². The average Bonchev–Trinajstić information content (AvgIpc) is 2.99. The molecule has 0 radical (unpaired) electrons. The largest absolute Gasteiger partial charge is 0.496 e. The Morgan fingerprint density at radius 2 is 2.04 bits per heavy atom. The topological polar surface area (TPSA) is 47.0 Å². The SMILES string of the molecule is COc1ccccc1CNc1ncnc2sc3c(c12)CCCC3. The van der Waals surface area contributed by atoms with E-state index in [4.69, 9.17) is 4.74 Å².